The highest BCUT2D eigenvalue weighted by molar-refractivity contribution is 6.22. The Morgan fingerprint density at radius 1 is 0.270 bits per heavy atom. The minimum absolute atomic E-state index is 0.934. The van der Waals surface area contributed by atoms with E-state index in [9.17, 15) is 0 Å². The molecule has 0 aliphatic heterocycles. The molecule has 0 spiro atoms. The number of nitrogens with zero attached hydrogens (tertiary/aromatic N) is 2. The molecule has 0 fully saturated rings. The molecule has 11 aromatic carbocycles. The highest BCUT2D eigenvalue weighted by atomic mass is 15.1. The van der Waals surface area contributed by atoms with Gasteiger partial charge in [-0.25, -0.2) is 4.98 Å². The van der Waals surface area contributed by atoms with Crippen molar-refractivity contribution in [2.75, 3.05) is 0 Å². The van der Waals surface area contributed by atoms with Crippen molar-refractivity contribution in [3.05, 3.63) is 243 Å². The third-order valence-electron chi connectivity index (χ3n) is 12.6. The van der Waals surface area contributed by atoms with Crippen LogP contribution in [0.4, 0.5) is 0 Å². The summed E-state index contributed by atoms with van der Waals surface area (Å²) >= 11 is 0. The summed E-state index contributed by atoms with van der Waals surface area (Å²) in [4.78, 5) is 5.22. The predicted molar refractivity (Wildman–Crippen MR) is 266 cm³/mol. The quantitative estimate of drug-likeness (QED) is 0.147. The van der Waals surface area contributed by atoms with Gasteiger partial charge in [-0.2, -0.15) is 0 Å². The topological polar surface area (TPSA) is 17.8 Å². The fourth-order valence-corrected chi connectivity index (χ4v) is 9.52. The van der Waals surface area contributed by atoms with Crippen LogP contribution in [0.15, 0.2) is 243 Å². The first kappa shape index (κ1) is 36.5. The Bertz CT molecular complexity index is 3630. The highest BCUT2D eigenvalue weighted by Crippen LogP contribution is 2.46. The molecule has 0 radical (unpaired) electrons. The molecule has 12 aromatic rings. The van der Waals surface area contributed by atoms with Crippen LogP contribution in [0.3, 0.4) is 0 Å². The minimum atomic E-state index is 0.934. The van der Waals surface area contributed by atoms with Gasteiger partial charge in [-0.1, -0.05) is 200 Å². The molecule has 0 aliphatic carbocycles. The molecule has 1 aromatic heterocycles. The Morgan fingerprint density at radius 3 is 1.29 bits per heavy atom. The molecular weight excluding hydrogens is 761 g/mol. The average Bonchev–Trinajstić information content (AvgIpc) is 3.75. The molecule has 0 saturated carbocycles. The third-order valence-corrected chi connectivity index (χ3v) is 12.6. The van der Waals surface area contributed by atoms with Gasteiger partial charge in [0.2, 0.25) is 0 Å². The van der Waals surface area contributed by atoms with Crippen molar-refractivity contribution in [2.45, 2.75) is 0 Å². The van der Waals surface area contributed by atoms with Crippen molar-refractivity contribution in [2.24, 2.45) is 0 Å². The first-order valence-corrected chi connectivity index (χ1v) is 21.6. The van der Waals surface area contributed by atoms with Crippen LogP contribution in [-0.2, 0) is 0 Å². The van der Waals surface area contributed by atoms with Crippen LogP contribution in [0.1, 0.15) is 0 Å². The molecule has 0 N–H and O–H groups in total. The van der Waals surface area contributed by atoms with E-state index in [0.717, 1.165) is 39.2 Å². The molecule has 12 rings (SSSR count). The van der Waals surface area contributed by atoms with Crippen LogP contribution in [-0.4, -0.2) is 9.55 Å². The highest BCUT2D eigenvalue weighted by Gasteiger charge is 2.19. The van der Waals surface area contributed by atoms with E-state index in [4.69, 9.17) is 4.98 Å². The van der Waals surface area contributed by atoms with Crippen LogP contribution < -0.4 is 0 Å². The zero-order valence-electron chi connectivity index (χ0n) is 34.5. The molecule has 0 unspecified atom stereocenters. The Balaban J connectivity index is 0.989. The van der Waals surface area contributed by atoms with E-state index in [-0.39, 0.29) is 0 Å². The van der Waals surface area contributed by atoms with Crippen LogP contribution in [0, 0.1) is 0 Å². The fraction of sp³-hybridized carbons (Fsp3) is 0. The SMILES string of the molecule is c1ccc(-c2c3ccc(-c4ccc5ccccc5c4)cc3c(-c3ccccc3)c3ccc(-c4ccc(-c5ccc6c(c5)nc(-c5ccccc5)n6-c5ccccc5)cc4)cc23)cc1. The number of benzene rings is 11. The van der Waals surface area contributed by atoms with Gasteiger partial charge in [0.05, 0.1) is 11.0 Å². The Kier molecular flexibility index (Phi) is 8.86. The van der Waals surface area contributed by atoms with E-state index < -0.39 is 0 Å². The zero-order chi connectivity index (χ0) is 41.7. The lowest BCUT2D eigenvalue weighted by atomic mass is 9.83. The number of hydrogen-bond acceptors (Lipinski definition) is 1. The molecule has 0 saturated heterocycles. The average molecular weight is 801 g/mol. The summed E-state index contributed by atoms with van der Waals surface area (Å²) in [5, 5.41) is 7.46. The molecule has 294 valence electrons. The molecule has 63 heavy (non-hydrogen) atoms. The molecule has 0 atom stereocenters. The maximum atomic E-state index is 5.22. The van der Waals surface area contributed by atoms with Crippen molar-refractivity contribution in [3.63, 3.8) is 0 Å². The van der Waals surface area contributed by atoms with E-state index in [1.807, 2.05) is 6.07 Å². The summed E-state index contributed by atoms with van der Waals surface area (Å²) in [5.74, 6) is 0.934. The van der Waals surface area contributed by atoms with E-state index >= 15 is 0 Å². The summed E-state index contributed by atoms with van der Waals surface area (Å²) in [6.45, 7) is 0. The van der Waals surface area contributed by atoms with E-state index in [1.54, 1.807) is 0 Å². The van der Waals surface area contributed by atoms with Gasteiger partial charge in [0.25, 0.3) is 0 Å². The molecule has 0 bridgehead atoms. The fourth-order valence-electron chi connectivity index (χ4n) is 9.52. The van der Waals surface area contributed by atoms with Gasteiger partial charge in [-0.3, -0.25) is 4.57 Å². The second kappa shape index (κ2) is 15.3. The Labute approximate surface area is 366 Å². The summed E-state index contributed by atoms with van der Waals surface area (Å²) in [7, 11) is 0. The predicted octanol–water partition coefficient (Wildman–Crippen LogP) is 16.5. The van der Waals surface area contributed by atoms with Crippen LogP contribution in [0.2, 0.25) is 0 Å². The van der Waals surface area contributed by atoms with Crippen molar-refractivity contribution in [1.82, 2.24) is 9.55 Å². The Hall–Kier alpha value is -8.33. The zero-order valence-corrected chi connectivity index (χ0v) is 34.5. The smallest absolute Gasteiger partial charge is 0.145 e. The lowest BCUT2D eigenvalue weighted by molar-refractivity contribution is 1.10. The summed E-state index contributed by atoms with van der Waals surface area (Å²) < 4.78 is 2.26. The minimum Gasteiger partial charge on any atom is -0.292 e. The summed E-state index contributed by atoms with van der Waals surface area (Å²) in [6.07, 6.45) is 0. The second-order valence-corrected chi connectivity index (χ2v) is 16.3. The second-order valence-electron chi connectivity index (χ2n) is 16.3. The van der Waals surface area contributed by atoms with Crippen LogP contribution in [0.25, 0.3) is 116 Å². The molecule has 0 aliphatic rings. The molecule has 0 amide bonds. The van der Waals surface area contributed by atoms with Crippen molar-refractivity contribution in [3.8, 4) is 72.7 Å². The van der Waals surface area contributed by atoms with Gasteiger partial charge in [0.15, 0.2) is 0 Å². The summed E-state index contributed by atoms with van der Waals surface area (Å²) in [6, 6.07) is 87.9. The maximum Gasteiger partial charge on any atom is 0.145 e. The van der Waals surface area contributed by atoms with Crippen LogP contribution >= 0.6 is 0 Å². The van der Waals surface area contributed by atoms with Crippen molar-refractivity contribution in [1.29, 1.82) is 0 Å². The van der Waals surface area contributed by atoms with Gasteiger partial charge in [-0.15, -0.1) is 0 Å². The van der Waals surface area contributed by atoms with E-state index in [0.29, 0.717) is 0 Å². The molecule has 2 heteroatoms. The first-order chi connectivity index (χ1) is 31.2. The van der Waals surface area contributed by atoms with E-state index in [1.165, 1.54) is 76.8 Å². The van der Waals surface area contributed by atoms with Gasteiger partial charge in [0.1, 0.15) is 5.82 Å². The number of imidazole rings is 1. The normalized spacial score (nSPS) is 11.5. The van der Waals surface area contributed by atoms with Crippen LogP contribution in [0.5, 0.6) is 0 Å². The van der Waals surface area contributed by atoms with Gasteiger partial charge >= 0.3 is 0 Å². The van der Waals surface area contributed by atoms with Crippen molar-refractivity contribution < 1.29 is 0 Å². The largest absolute Gasteiger partial charge is 0.292 e. The monoisotopic (exact) mass is 800 g/mol. The molecule has 2 nitrogen and oxygen atoms in total. The maximum absolute atomic E-state index is 5.22. The van der Waals surface area contributed by atoms with Gasteiger partial charge < -0.3 is 0 Å². The molecule has 1 heterocycles. The number of para-hydroxylation sites is 1. The number of fused-ring (bicyclic) bond motifs is 4. The first-order valence-electron chi connectivity index (χ1n) is 21.6. The van der Waals surface area contributed by atoms with Crippen molar-refractivity contribution >= 4 is 43.4 Å². The third kappa shape index (κ3) is 6.48. The van der Waals surface area contributed by atoms with E-state index in [2.05, 4.69) is 241 Å². The van der Waals surface area contributed by atoms with Gasteiger partial charge in [-0.05, 0) is 130 Å². The number of rotatable bonds is 7. The Morgan fingerprint density at radius 2 is 0.698 bits per heavy atom. The lowest BCUT2D eigenvalue weighted by Gasteiger charge is -2.20. The standard InChI is InChI=1S/C61H40N2/c1-5-16-44(17-6-1)59-54-35-32-50(48-30-29-41-15-13-14-22-47(41)37-48)39-56(54)60(45-18-7-2-8-19-45)53-34-31-49(38-55(53)59)42-25-27-43(28-26-42)51-33-36-58-57(40-51)62-61(46-20-9-3-10-21-46)63(58)52-23-11-4-12-24-52/h1-40H. The van der Waals surface area contributed by atoms with Gasteiger partial charge in [0, 0.05) is 11.3 Å². The number of hydrogen-bond donors (Lipinski definition) is 0. The summed E-state index contributed by atoms with van der Waals surface area (Å²) in [5.41, 5.74) is 16.2. The molecular formula is C61H40N2. The number of aromatic nitrogens is 2. The lowest BCUT2D eigenvalue weighted by Crippen LogP contribution is -1.97.